The maximum Gasteiger partial charge on any atom is 0.223 e. The Hall–Kier alpha value is -1.69. The molecule has 1 aliphatic rings. The first-order valence-electron chi connectivity index (χ1n) is 6.66. The van der Waals surface area contributed by atoms with Crippen molar-refractivity contribution in [3.63, 3.8) is 0 Å². The molecule has 0 spiro atoms. The molecule has 0 bridgehead atoms. The van der Waals surface area contributed by atoms with Crippen LogP contribution in [0.5, 0.6) is 0 Å². The molecule has 2 N–H and O–H groups in total. The molecule has 1 amide bonds. The summed E-state index contributed by atoms with van der Waals surface area (Å²) >= 11 is 3.45. The lowest BCUT2D eigenvalue weighted by Crippen LogP contribution is -2.29. The summed E-state index contributed by atoms with van der Waals surface area (Å²) in [7, 11) is 0. The number of nitrogens with one attached hydrogen (secondary N) is 2. The third kappa shape index (κ3) is 3.07. The van der Waals surface area contributed by atoms with E-state index in [9.17, 15) is 4.79 Å². The van der Waals surface area contributed by atoms with Crippen LogP contribution in [-0.2, 0) is 4.79 Å². The minimum atomic E-state index is 0.169. The molecule has 6 heteroatoms. The summed E-state index contributed by atoms with van der Waals surface area (Å²) in [5, 5.41) is 7.13. The van der Waals surface area contributed by atoms with Crippen LogP contribution >= 0.6 is 15.9 Å². The van der Waals surface area contributed by atoms with Crippen molar-refractivity contribution in [2.24, 2.45) is 5.92 Å². The number of carbonyl (C=O) groups is 1. The van der Waals surface area contributed by atoms with Gasteiger partial charge in [-0.25, -0.2) is 9.97 Å². The molecule has 1 aromatic heterocycles. The monoisotopic (exact) mass is 334 g/mol. The first-order valence-corrected chi connectivity index (χ1v) is 7.45. The zero-order valence-corrected chi connectivity index (χ0v) is 12.5. The molecule has 2 aromatic rings. The van der Waals surface area contributed by atoms with E-state index in [0.717, 1.165) is 34.0 Å². The van der Waals surface area contributed by atoms with E-state index in [1.165, 1.54) is 0 Å². The Morgan fingerprint density at radius 3 is 2.95 bits per heavy atom. The number of aromatic nitrogens is 2. The number of carbonyl (C=O) groups excluding carboxylic acids is 1. The quantitative estimate of drug-likeness (QED) is 0.823. The highest BCUT2D eigenvalue weighted by molar-refractivity contribution is 9.10. The van der Waals surface area contributed by atoms with Crippen LogP contribution in [-0.4, -0.2) is 29.0 Å². The molecule has 20 heavy (non-hydrogen) atoms. The number of amides is 1. The SMILES string of the molecule is O=C(NCCNc1ncnc2ccc(Br)cc12)C1CC1. The van der Waals surface area contributed by atoms with E-state index in [0.29, 0.717) is 13.1 Å². The van der Waals surface area contributed by atoms with Gasteiger partial charge in [-0.05, 0) is 31.0 Å². The molecule has 1 fully saturated rings. The van der Waals surface area contributed by atoms with Gasteiger partial charge in [0.15, 0.2) is 0 Å². The Bertz CT molecular complexity index is 642. The highest BCUT2D eigenvalue weighted by Crippen LogP contribution is 2.28. The number of nitrogens with zero attached hydrogens (tertiary/aromatic N) is 2. The number of hydrogen-bond acceptors (Lipinski definition) is 4. The zero-order valence-electron chi connectivity index (χ0n) is 10.9. The topological polar surface area (TPSA) is 66.9 Å². The third-order valence-electron chi connectivity index (χ3n) is 3.26. The molecule has 0 aliphatic heterocycles. The summed E-state index contributed by atoms with van der Waals surface area (Å²) in [5.41, 5.74) is 0.896. The normalized spacial score (nSPS) is 14.2. The van der Waals surface area contributed by atoms with E-state index in [1.54, 1.807) is 6.33 Å². The second-order valence-corrected chi connectivity index (χ2v) is 5.79. The molecule has 104 valence electrons. The number of hydrogen-bond donors (Lipinski definition) is 2. The van der Waals surface area contributed by atoms with Crippen molar-refractivity contribution in [2.75, 3.05) is 18.4 Å². The van der Waals surface area contributed by atoms with Gasteiger partial charge in [0.2, 0.25) is 5.91 Å². The first-order chi connectivity index (χ1) is 9.74. The molecule has 1 aromatic carbocycles. The van der Waals surface area contributed by atoms with Gasteiger partial charge in [-0.2, -0.15) is 0 Å². The van der Waals surface area contributed by atoms with Gasteiger partial charge < -0.3 is 10.6 Å². The smallest absolute Gasteiger partial charge is 0.223 e. The molecule has 0 unspecified atom stereocenters. The van der Waals surface area contributed by atoms with Gasteiger partial charge in [-0.15, -0.1) is 0 Å². The van der Waals surface area contributed by atoms with Crippen molar-refractivity contribution < 1.29 is 4.79 Å². The van der Waals surface area contributed by atoms with Crippen LogP contribution in [0.1, 0.15) is 12.8 Å². The summed E-state index contributed by atoms with van der Waals surface area (Å²) in [6, 6.07) is 5.89. The minimum absolute atomic E-state index is 0.169. The molecule has 1 aliphatic carbocycles. The van der Waals surface area contributed by atoms with Crippen molar-refractivity contribution in [1.82, 2.24) is 15.3 Å². The highest BCUT2D eigenvalue weighted by Gasteiger charge is 2.28. The summed E-state index contributed by atoms with van der Waals surface area (Å²) in [4.78, 5) is 20.0. The van der Waals surface area contributed by atoms with E-state index in [1.807, 2.05) is 18.2 Å². The minimum Gasteiger partial charge on any atom is -0.368 e. The Morgan fingerprint density at radius 1 is 1.30 bits per heavy atom. The molecule has 5 nitrogen and oxygen atoms in total. The van der Waals surface area contributed by atoms with Crippen molar-refractivity contribution in [3.05, 3.63) is 29.0 Å². The number of halogens is 1. The Balaban J connectivity index is 1.62. The summed E-state index contributed by atoms with van der Waals surface area (Å²) < 4.78 is 0.991. The van der Waals surface area contributed by atoms with Crippen LogP contribution < -0.4 is 10.6 Å². The van der Waals surface area contributed by atoms with Gasteiger partial charge in [-0.3, -0.25) is 4.79 Å². The van der Waals surface area contributed by atoms with E-state index in [2.05, 4.69) is 36.5 Å². The molecule has 0 radical (unpaired) electrons. The third-order valence-corrected chi connectivity index (χ3v) is 3.76. The molecule has 0 saturated heterocycles. The molecule has 1 heterocycles. The largest absolute Gasteiger partial charge is 0.368 e. The lowest BCUT2D eigenvalue weighted by atomic mass is 10.2. The number of rotatable bonds is 5. The van der Waals surface area contributed by atoms with Gasteiger partial charge in [0.25, 0.3) is 0 Å². The Labute approximate surface area is 125 Å². The molecular formula is C14H15BrN4O. The van der Waals surface area contributed by atoms with Crippen LogP contribution in [0.3, 0.4) is 0 Å². The van der Waals surface area contributed by atoms with Gasteiger partial charge >= 0.3 is 0 Å². The van der Waals surface area contributed by atoms with Crippen molar-refractivity contribution in [1.29, 1.82) is 0 Å². The zero-order chi connectivity index (χ0) is 13.9. The molecular weight excluding hydrogens is 320 g/mol. The van der Waals surface area contributed by atoms with E-state index < -0.39 is 0 Å². The maximum absolute atomic E-state index is 11.5. The van der Waals surface area contributed by atoms with Crippen LogP contribution in [0.15, 0.2) is 29.0 Å². The van der Waals surface area contributed by atoms with E-state index in [4.69, 9.17) is 0 Å². The van der Waals surface area contributed by atoms with Crippen molar-refractivity contribution in [2.45, 2.75) is 12.8 Å². The number of fused-ring (bicyclic) bond motifs is 1. The van der Waals surface area contributed by atoms with Crippen LogP contribution in [0.2, 0.25) is 0 Å². The number of benzene rings is 1. The average Bonchev–Trinajstić information content (AvgIpc) is 3.28. The van der Waals surface area contributed by atoms with Crippen molar-refractivity contribution in [3.8, 4) is 0 Å². The van der Waals surface area contributed by atoms with Gasteiger partial charge in [0.05, 0.1) is 5.52 Å². The fourth-order valence-corrected chi connectivity index (χ4v) is 2.39. The van der Waals surface area contributed by atoms with Crippen LogP contribution in [0.4, 0.5) is 5.82 Å². The van der Waals surface area contributed by atoms with Gasteiger partial charge in [0.1, 0.15) is 12.1 Å². The fourth-order valence-electron chi connectivity index (χ4n) is 2.03. The Morgan fingerprint density at radius 2 is 2.15 bits per heavy atom. The lowest BCUT2D eigenvalue weighted by molar-refractivity contribution is -0.122. The molecule has 0 atom stereocenters. The lowest BCUT2D eigenvalue weighted by Gasteiger charge is -2.09. The maximum atomic E-state index is 11.5. The summed E-state index contributed by atoms with van der Waals surface area (Å²) in [6.07, 6.45) is 3.61. The van der Waals surface area contributed by atoms with E-state index >= 15 is 0 Å². The average molecular weight is 335 g/mol. The van der Waals surface area contributed by atoms with Gasteiger partial charge in [-0.1, -0.05) is 15.9 Å². The molecule has 3 rings (SSSR count). The first kappa shape index (κ1) is 13.3. The van der Waals surface area contributed by atoms with Gasteiger partial charge in [0, 0.05) is 28.9 Å². The second kappa shape index (κ2) is 5.75. The standard InChI is InChI=1S/C14H15BrN4O/c15-10-3-4-12-11(7-10)13(19-8-18-12)16-5-6-17-14(20)9-1-2-9/h3-4,7-9H,1-2,5-6H2,(H,17,20)(H,16,18,19). The van der Waals surface area contributed by atoms with E-state index in [-0.39, 0.29) is 11.8 Å². The highest BCUT2D eigenvalue weighted by atomic mass is 79.9. The fraction of sp³-hybridized carbons (Fsp3) is 0.357. The van der Waals surface area contributed by atoms with Crippen LogP contribution in [0.25, 0.3) is 10.9 Å². The number of anilines is 1. The summed E-state index contributed by atoms with van der Waals surface area (Å²) in [6.45, 7) is 1.26. The predicted molar refractivity (Wildman–Crippen MR) is 81.5 cm³/mol. The second-order valence-electron chi connectivity index (χ2n) is 4.88. The van der Waals surface area contributed by atoms with Crippen molar-refractivity contribution >= 4 is 38.6 Å². The predicted octanol–water partition coefficient (Wildman–Crippen LogP) is 2.33. The Kier molecular flexibility index (Phi) is 3.82. The van der Waals surface area contributed by atoms with Crippen LogP contribution in [0, 0.1) is 5.92 Å². The summed E-state index contributed by atoms with van der Waals surface area (Å²) in [5.74, 6) is 1.21. The molecule has 1 saturated carbocycles.